The van der Waals surface area contributed by atoms with Crippen LogP contribution >= 0.6 is 15.9 Å². The Morgan fingerprint density at radius 2 is 2.00 bits per heavy atom. The highest BCUT2D eigenvalue weighted by Gasteiger charge is 2.17. The summed E-state index contributed by atoms with van der Waals surface area (Å²) in [5.74, 6) is -0.162. The van der Waals surface area contributed by atoms with Crippen LogP contribution in [0.5, 0.6) is 5.75 Å². The van der Waals surface area contributed by atoms with Crippen LogP contribution in [-0.2, 0) is 10.0 Å². The molecule has 0 spiro atoms. The normalized spacial score (nSPS) is 11.3. The molecule has 8 heteroatoms. The minimum atomic E-state index is -3.78. The molecule has 4 N–H and O–H groups in total. The number of nitrogen functional groups attached to an aromatic ring is 1. The Bertz CT molecular complexity index is 763. The van der Waals surface area contributed by atoms with E-state index in [2.05, 4.69) is 25.6 Å². The Labute approximate surface area is 124 Å². The molecule has 2 aromatic rings. The topological polar surface area (TPSA) is 105 Å². The van der Waals surface area contributed by atoms with Crippen LogP contribution in [0.4, 0.5) is 11.4 Å². The van der Waals surface area contributed by atoms with Crippen molar-refractivity contribution < 1.29 is 13.5 Å². The van der Waals surface area contributed by atoms with E-state index in [4.69, 9.17) is 5.73 Å². The first-order valence-electron chi connectivity index (χ1n) is 5.54. The average Bonchev–Trinajstić information content (AvgIpc) is 2.36. The summed E-state index contributed by atoms with van der Waals surface area (Å²) in [7, 11) is -3.78. The summed E-state index contributed by atoms with van der Waals surface area (Å²) in [4.78, 5) is 4.08. The Hall–Kier alpha value is -1.80. The number of anilines is 2. The molecule has 0 aliphatic heterocycles. The molecule has 0 bridgehead atoms. The van der Waals surface area contributed by atoms with Gasteiger partial charge in [-0.3, -0.25) is 4.72 Å². The molecule has 0 saturated heterocycles. The number of pyridine rings is 1. The van der Waals surface area contributed by atoms with E-state index >= 15 is 0 Å². The molecule has 0 aliphatic carbocycles. The third-order valence-electron chi connectivity index (χ3n) is 2.61. The Kier molecular flexibility index (Phi) is 3.87. The van der Waals surface area contributed by atoms with Crippen LogP contribution in [0.1, 0.15) is 5.69 Å². The van der Waals surface area contributed by atoms with Gasteiger partial charge >= 0.3 is 0 Å². The van der Waals surface area contributed by atoms with Crippen LogP contribution in [-0.4, -0.2) is 18.5 Å². The number of sulfonamides is 1. The molecule has 2 rings (SSSR count). The second-order valence-corrected chi connectivity index (χ2v) is 6.59. The third kappa shape index (κ3) is 3.02. The lowest BCUT2D eigenvalue weighted by atomic mass is 10.3. The molecule has 0 aliphatic rings. The molecule has 20 heavy (non-hydrogen) atoms. The van der Waals surface area contributed by atoms with Crippen molar-refractivity contribution in [1.82, 2.24) is 4.98 Å². The van der Waals surface area contributed by atoms with E-state index in [1.807, 2.05) is 0 Å². The lowest BCUT2D eigenvalue weighted by molar-refractivity contribution is 0.477. The van der Waals surface area contributed by atoms with Gasteiger partial charge in [0.25, 0.3) is 10.0 Å². The van der Waals surface area contributed by atoms with Gasteiger partial charge in [0.1, 0.15) is 10.4 Å². The predicted octanol–water partition coefficient (Wildman–Crippen LogP) is 2.24. The number of aryl methyl sites for hydroxylation is 1. The number of hydrogen-bond acceptors (Lipinski definition) is 5. The molecule has 1 aromatic carbocycles. The number of aromatic hydroxyl groups is 1. The lowest BCUT2D eigenvalue weighted by Crippen LogP contribution is -2.14. The highest BCUT2D eigenvalue weighted by atomic mass is 79.9. The monoisotopic (exact) mass is 357 g/mol. The number of benzene rings is 1. The molecule has 0 radical (unpaired) electrons. The van der Waals surface area contributed by atoms with Crippen molar-refractivity contribution in [1.29, 1.82) is 0 Å². The number of rotatable bonds is 3. The molecule has 0 fully saturated rings. The van der Waals surface area contributed by atoms with Crippen LogP contribution in [0, 0.1) is 6.92 Å². The molecule has 106 valence electrons. The van der Waals surface area contributed by atoms with Gasteiger partial charge in [-0.2, -0.15) is 0 Å². The fourth-order valence-electron chi connectivity index (χ4n) is 1.54. The van der Waals surface area contributed by atoms with Gasteiger partial charge in [-0.25, -0.2) is 13.4 Å². The number of aromatic nitrogens is 1. The molecule has 1 aromatic heterocycles. The second kappa shape index (κ2) is 5.29. The lowest BCUT2D eigenvalue weighted by Gasteiger charge is -2.11. The van der Waals surface area contributed by atoms with Gasteiger partial charge in [0.05, 0.1) is 22.0 Å². The van der Waals surface area contributed by atoms with E-state index in [1.165, 1.54) is 18.2 Å². The minimum absolute atomic E-state index is 0.00136. The molecular formula is C12H12BrN3O3S. The van der Waals surface area contributed by atoms with Crippen LogP contribution in [0.3, 0.4) is 0 Å². The number of hydrogen-bond donors (Lipinski definition) is 3. The minimum Gasteiger partial charge on any atom is -0.506 e. The summed E-state index contributed by atoms with van der Waals surface area (Å²) < 4.78 is 27.5. The number of phenolic OH excluding ortho intramolecular Hbond substituents is 1. The molecule has 0 amide bonds. The quantitative estimate of drug-likeness (QED) is 0.443. The maximum Gasteiger partial charge on any atom is 0.262 e. The largest absolute Gasteiger partial charge is 0.506 e. The maximum absolute atomic E-state index is 12.2. The van der Waals surface area contributed by atoms with Crippen molar-refractivity contribution in [3.8, 4) is 5.75 Å². The Morgan fingerprint density at radius 1 is 1.30 bits per heavy atom. The molecular weight excluding hydrogens is 346 g/mol. The van der Waals surface area contributed by atoms with E-state index in [0.29, 0.717) is 16.0 Å². The van der Waals surface area contributed by atoms with Gasteiger partial charge < -0.3 is 10.8 Å². The summed E-state index contributed by atoms with van der Waals surface area (Å²) in [6, 6.07) is 6.94. The molecule has 0 unspecified atom stereocenters. The van der Waals surface area contributed by atoms with E-state index < -0.39 is 10.0 Å². The van der Waals surface area contributed by atoms with Crippen LogP contribution < -0.4 is 10.5 Å². The van der Waals surface area contributed by atoms with Crippen molar-refractivity contribution in [2.75, 3.05) is 10.5 Å². The van der Waals surface area contributed by atoms with E-state index in [1.54, 1.807) is 19.1 Å². The van der Waals surface area contributed by atoms with Crippen molar-refractivity contribution in [2.24, 2.45) is 0 Å². The fourth-order valence-corrected chi connectivity index (χ4v) is 3.09. The molecule has 6 nitrogen and oxygen atoms in total. The smallest absolute Gasteiger partial charge is 0.262 e. The predicted molar refractivity (Wildman–Crippen MR) is 80.0 cm³/mol. The molecule has 0 saturated carbocycles. The SMILES string of the molecule is Cc1nc(Br)ccc1NS(=O)(=O)c1ccc(O)c(N)c1. The zero-order chi connectivity index (χ0) is 14.9. The number of nitrogens with zero attached hydrogens (tertiary/aromatic N) is 1. The highest BCUT2D eigenvalue weighted by molar-refractivity contribution is 9.10. The Balaban J connectivity index is 2.38. The number of phenols is 1. The summed E-state index contributed by atoms with van der Waals surface area (Å²) in [6.45, 7) is 1.69. The van der Waals surface area contributed by atoms with Gasteiger partial charge in [-0.05, 0) is 53.2 Å². The fraction of sp³-hybridized carbons (Fsp3) is 0.0833. The number of halogens is 1. The van der Waals surface area contributed by atoms with Crippen LogP contribution in [0.2, 0.25) is 0 Å². The Morgan fingerprint density at radius 3 is 2.60 bits per heavy atom. The highest BCUT2D eigenvalue weighted by Crippen LogP contribution is 2.25. The molecule has 1 heterocycles. The van der Waals surface area contributed by atoms with Crippen molar-refractivity contribution in [3.63, 3.8) is 0 Å². The first-order valence-corrected chi connectivity index (χ1v) is 7.81. The van der Waals surface area contributed by atoms with Crippen LogP contribution in [0.25, 0.3) is 0 Å². The zero-order valence-electron chi connectivity index (χ0n) is 10.5. The van der Waals surface area contributed by atoms with Gasteiger partial charge in [0.15, 0.2) is 0 Å². The van der Waals surface area contributed by atoms with Crippen molar-refractivity contribution in [3.05, 3.63) is 40.6 Å². The van der Waals surface area contributed by atoms with E-state index in [9.17, 15) is 13.5 Å². The maximum atomic E-state index is 12.2. The molecule has 0 atom stereocenters. The van der Waals surface area contributed by atoms with Gasteiger partial charge in [-0.1, -0.05) is 0 Å². The average molecular weight is 358 g/mol. The van der Waals surface area contributed by atoms with Crippen molar-refractivity contribution in [2.45, 2.75) is 11.8 Å². The second-order valence-electron chi connectivity index (χ2n) is 4.09. The van der Waals surface area contributed by atoms with Gasteiger partial charge in [0.2, 0.25) is 0 Å². The first kappa shape index (κ1) is 14.6. The summed E-state index contributed by atoms with van der Waals surface area (Å²) in [5.41, 5.74) is 6.41. The van der Waals surface area contributed by atoms with Crippen LogP contribution in [0.15, 0.2) is 39.8 Å². The summed E-state index contributed by atoms with van der Waals surface area (Å²) in [6.07, 6.45) is 0. The van der Waals surface area contributed by atoms with Gasteiger partial charge in [0, 0.05) is 0 Å². The number of nitrogens with one attached hydrogen (secondary N) is 1. The van der Waals surface area contributed by atoms with E-state index in [-0.39, 0.29) is 16.3 Å². The first-order chi connectivity index (χ1) is 9.29. The van der Waals surface area contributed by atoms with E-state index in [0.717, 1.165) is 0 Å². The van der Waals surface area contributed by atoms with Gasteiger partial charge in [-0.15, -0.1) is 0 Å². The summed E-state index contributed by atoms with van der Waals surface area (Å²) in [5, 5.41) is 9.32. The number of nitrogens with two attached hydrogens (primary N) is 1. The standard InChI is InChI=1S/C12H12BrN3O3S/c1-7-10(3-5-12(13)15-7)16-20(18,19)8-2-4-11(17)9(14)6-8/h2-6,16-17H,14H2,1H3. The van der Waals surface area contributed by atoms with Crippen molar-refractivity contribution >= 4 is 37.3 Å². The summed E-state index contributed by atoms with van der Waals surface area (Å²) >= 11 is 3.21. The zero-order valence-corrected chi connectivity index (χ0v) is 12.9. The third-order valence-corrected chi connectivity index (χ3v) is 4.41.